The Labute approximate surface area is 119 Å². The van der Waals surface area contributed by atoms with Crippen molar-refractivity contribution in [1.29, 1.82) is 0 Å². The summed E-state index contributed by atoms with van der Waals surface area (Å²) in [6.07, 6.45) is 0. The van der Waals surface area contributed by atoms with Crippen molar-refractivity contribution in [3.8, 4) is 0 Å². The van der Waals surface area contributed by atoms with Crippen molar-refractivity contribution in [2.75, 3.05) is 5.32 Å². The molecule has 0 aliphatic heterocycles. The number of primary sulfonamides is 1. The lowest BCUT2D eigenvalue weighted by Crippen LogP contribution is -2.15. The second-order valence-electron chi connectivity index (χ2n) is 4.75. The van der Waals surface area contributed by atoms with Crippen molar-refractivity contribution in [2.24, 2.45) is 5.14 Å². The molecular weight excluding hydrogens is 272 g/mol. The van der Waals surface area contributed by atoms with Crippen LogP contribution in [0.2, 0.25) is 0 Å². The Kier molecular flexibility index (Phi) is 4.11. The van der Waals surface area contributed by atoms with E-state index in [1.54, 1.807) is 13.0 Å². The van der Waals surface area contributed by atoms with E-state index in [2.05, 4.69) is 5.32 Å². The SMILES string of the molecule is Cc1c(NC(C)c2ccccc2)cccc1S(N)(=O)=O. The molecule has 2 aromatic rings. The van der Waals surface area contributed by atoms with Gasteiger partial charge in [-0.2, -0.15) is 0 Å². The molecule has 0 fully saturated rings. The van der Waals surface area contributed by atoms with E-state index in [1.165, 1.54) is 6.07 Å². The molecule has 0 spiro atoms. The van der Waals surface area contributed by atoms with Crippen LogP contribution in [0.5, 0.6) is 0 Å². The fourth-order valence-electron chi connectivity index (χ4n) is 2.14. The first-order valence-corrected chi connectivity index (χ1v) is 7.88. The first-order chi connectivity index (χ1) is 9.39. The third-order valence-corrected chi connectivity index (χ3v) is 4.32. The first-order valence-electron chi connectivity index (χ1n) is 6.33. The smallest absolute Gasteiger partial charge is 0.238 e. The molecule has 0 aliphatic carbocycles. The lowest BCUT2D eigenvalue weighted by Gasteiger charge is -2.18. The lowest BCUT2D eigenvalue weighted by molar-refractivity contribution is 0.597. The minimum absolute atomic E-state index is 0.0747. The van der Waals surface area contributed by atoms with E-state index in [9.17, 15) is 8.42 Å². The summed E-state index contributed by atoms with van der Waals surface area (Å²) in [6, 6.07) is 15.1. The molecule has 20 heavy (non-hydrogen) atoms. The van der Waals surface area contributed by atoms with Crippen LogP contribution in [0.15, 0.2) is 53.4 Å². The maximum atomic E-state index is 11.5. The number of rotatable bonds is 4. The molecule has 3 N–H and O–H groups in total. The summed E-state index contributed by atoms with van der Waals surface area (Å²) in [5.74, 6) is 0. The van der Waals surface area contributed by atoms with Crippen molar-refractivity contribution in [3.63, 3.8) is 0 Å². The number of benzene rings is 2. The lowest BCUT2D eigenvalue weighted by atomic mass is 10.1. The minimum atomic E-state index is -3.70. The van der Waals surface area contributed by atoms with E-state index in [0.717, 1.165) is 11.3 Å². The fourth-order valence-corrected chi connectivity index (χ4v) is 2.94. The second-order valence-corrected chi connectivity index (χ2v) is 6.28. The van der Waals surface area contributed by atoms with E-state index in [1.807, 2.05) is 43.3 Å². The number of hydrogen-bond acceptors (Lipinski definition) is 3. The van der Waals surface area contributed by atoms with Gasteiger partial charge in [-0.25, -0.2) is 13.6 Å². The average molecular weight is 290 g/mol. The summed E-state index contributed by atoms with van der Waals surface area (Å²) in [4.78, 5) is 0.155. The highest BCUT2D eigenvalue weighted by Gasteiger charge is 2.15. The average Bonchev–Trinajstić information content (AvgIpc) is 2.40. The molecule has 0 radical (unpaired) electrons. The molecule has 0 saturated carbocycles. The maximum Gasteiger partial charge on any atom is 0.238 e. The third kappa shape index (κ3) is 3.18. The molecule has 106 valence electrons. The highest BCUT2D eigenvalue weighted by molar-refractivity contribution is 7.89. The maximum absolute atomic E-state index is 11.5. The van der Waals surface area contributed by atoms with Crippen molar-refractivity contribution in [3.05, 3.63) is 59.7 Å². The Morgan fingerprint density at radius 1 is 1.05 bits per heavy atom. The van der Waals surface area contributed by atoms with Gasteiger partial charge in [0.25, 0.3) is 0 Å². The van der Waals surface area contributed by atoms with Gasteiger partial charge in [-0.15, -0.1) is 0 Å². The zero-order chi connectivity index (χ0) is 14.8. The normalized spacial score (nSPS) is 12.9. The molecule has 2 aromatic carbocycles. The summed E-state index contributed by atoms with van der Waals surface area (Å²) in [7, 11) is -3.70. The van der Waals surface area contributed by atoms with Gasteiger partial charge in [0.05, 0.1) is 4.90 Å². The summed E-state index contributed by atoms with van der Waals surface area (Å²) < 4.78 is 23.0. The highest BCUT2D eigenvalue weighted by atomic mass is 32.2. The molecule has 0 heterocycles. The van der Waals surface area contributed by atoms with Gasteiger partial charge in [0.2, 0.25) is 10.0 Å². The summed E-state index contributed by atoms with van der Waals surface area (Å²) in [5, 5.41) is 8.53. The molecule has 1 unspecified atom stereocenters. The Balaban J connectivity index is 2.31. The zero-order valence-electron chi connectivity index (χ0n) is 11.5. The first kappa shape index (κ1) is 14.6. The van der Waals surface area contributed by atoms with Crippen molar-refractivity contribution < 1.29 is 8.42 Å². The number of anilines is 1. The molecule has 0 saturated heterocycles. The summed E-state index contributed by atoms with van der Waals surface area (Å²) in [5.41, 5.74) is 2.54. The predicted octanol–water partition coefficient (Wildman–Crippen LogP) is 2.82. The van der Waals surface area contributed by atoms with Crippen molar-refractivity contribution >= 4 is 15.7 Å². The standard InChI is InChI=1S/C15H18N2O2S/c1-11-14(9-6-10-15(11)20(16,18)19)17-12(2)13-7-4-3-5-8-13/h3-10,12,17H,1-2H3,(H2,16,18,19). The highest BCUT2D eigenvalue weighted by Crippen LogP contribution is 2.26. The topological polar surface area (TPSA) is 72.2 Å². The van der Waals surface area contributed by atoms with Gasteiger partial charge >= 0.3 is 0 Å². The van der Waals surface area contributed by atoms with Crippen LogP contribution in [0.25, 0.3) is 0 Å². The van der Waals surface area contributed by atoms with Crippen LogP contribution in [0.1, 0.15) is 24.1 Å². The van der Waals surface area contributed by atoms with Crippen molar-refractivity contribution in [2.45, 2.75) is 24.8 Å². The molecule has 4 nitrogen and oxygen atoms in total. The number of nitrogens with one attached hydrogen (secondary N) is 1. The van der Waals surface area contributed by atoms with Crippen LogP contribution in [-0.4, -0.2) is 8.42 Å². The summed E-state index contributed by atoms with van der Waals surface area (Å²) >= 11 is 0. The molecule has 5 heteroatoms. The molecule has 1 atom stereocenters. The molecule has 0 amide bonds. The van der Waals surface area contributed by atoms with Crippen LogP contribution in [0.3, 0.4) is 0 Å². The quantitative estimate of drug-likeness (QED) is 0.909. The van der Waals surface area contributed by atoms with Crippen LogP contribution in [-0.2, 0) is 10.0 Å². The van der Waals surface area contributed by atoms with Crippen LogP contribution in [0, 0.1) is 6.92 Å². The van der Waals surface area contributed by atoms with Crippen molar-refractivity contribution in [1.82, 2.24) is 0 Å². The van der Waals surface area contributed by atoms with E-state index < -0.39 is 10.0 Å². The Hall–Kier alpha value is -1.85. The number of nitrogens with two attached hydrogens (primary N) is 1. The van der Waals surface area contributed by atoms with E-state index in [0.29, 0.717) is 5.56 Å². The van der Waals surface area contributed by atoms with Gasteiger partial charge in [0.15, 0.2) is 0 Å². The summed E-state index contributed by atoms with van der Waals surface area (Å²) in [6.45, 7) is 3.78. The Morgan fingerprint density at radius 2 is 1.70 bits per heavy atom. The Bertz CT molecular complexity index is 697. The van der Waals surface area contributed by atoms with E-state index >= 15 is 0 Å². The van der Waals surface area contributed by atoms with Crippen LogP contribution < -0.4 is 10.5 Å². The molecular formula is C15H18N2O2S. The van der Waals surface area contributed by atoms with Crippen LogP contribution in [0.4, 0.5) is 5.69 Å². The number of sulfonamides is 1. The number of hydrogen-bond donors (Lipinski definition) is 2. The predicted molar refractivity (Wildman–Crippen MR) is 81.0 cm³/mol. The van der Waals surface area contributed by atoms with E-state index in [4.69, 9.17) is 5.14 Å². The van der Waals surface area contributed by atoms with Gasteiger partial charge in [-0.3, -0.25) is 0 Å². The molecule has 2 rings (SSSR count). The largest absolute Gasteiger partial charge is 0.378 e. The third-order valence-electron chi connectivity index (χ3n) is 3.26. The van der Waals surface area contributed by atoms with Gasteiger partial charge in [-0.1, -0.05) is 36.4 Å². The Morgan fingerprint density at radius 3 is 2.30 bits per heavy atom. The fraction of sp³-hybridized carbons (Fsp3) is 0.200. The minimum Gasteiger partial charge on any atom is -0.378 e. The van der Waals surface area contributed by atoms with Gasteiger partial charge in [0, 0.05) is 11.7 Å². The van der Waals surface area contributed by atoms with Gasteiger partial charge < -0.3 is 5.32 Å². The van der Waals surface area contributed by atoms with E-state index in [-0.39, 0.29) is 10.9 Å². The monoisotopic (exact) mass is 290 g/mol. The molecule has 0 bridgehead atoms. The zero-order valence-corrected chi connectivity index (χ0v) is 12.3. The molecule has 0 aromatic heterocycles. The van der Waals surface area contributed by atoms with Gasteiger partial charge in [-0.05, 0) is 37.1 Å². The molecule has 0 aliphatic rings. The second kappa shape index (κ2) is 5.64. The van der Waals surface area contributed by atoms with Crippen LogP contribution >= 0.6 is 0 Å². The van der Waals surface area contributed by atoms with Gasteiger partial charge in [0.1, 0.15) is 0 Å².